The lowest BCUT2D eigenvalue weighted by Gasteiger charge is -2.09. The molecule has 4 nitrogen and oxygen atoms in total. The molecule has 0 saturated heterocycles. The number of aliphatic carboxylic acids is 2. The van der Waals surface area contributed by atoms with Gasteiger partial charge >= 0.3 is 11.9 Å². The first-order chi connectivity index (χ1) is 9.06. The van der Waals surface area contributed by atoms with E-state index in [9.17, 15) is 9.59 Å². The normalized spacial score (nSPS) is 10.5. The Bertz CT molecular complexity index is 631. The summed E-state index contributed by atoms with van der Waals surface area (Å²) < 4.78 is 0. The fourth-order valence-corrected chi connectivity index (χ4v) is 2.14. The van der Waals surface area contributed by atoms with Crippen LogP contribution in [0.5, 0.6) is 0 Å². The van der Waals surface area contributed by atoms with Crippen molar-refractivity contribution in [1.82, 2.24) is 0 Å². The molecular formula is C15H14O4. The number of hydrogen-bond acceptors (Lipinski definition) is 2. The summed E-state index contributed by atoms with van der Waals surface area (Å²) in [4.78, 5) is 21.5. The van der Waals surface area contributed by atoms with Gasteiger partial charge in [0.1, 0.15) is 0 Å². The second-order valence-electron chi connectivity index (χ2n) is 4.43. The van der Waals surface area contributed by atoms with Crippen molar-refractivity contribution in [1.29, 1.82) is 0 Å². The highest BCUT2D eigenvalue weighted by Crippen LogP contribution is 2.22. The van der Waals surface area contributed by atoms with E-state index in [1.54, 1.807) is 0 Å². The zero-order valence-electron chi connectivity index (χ0n) is 10.3. The molecule has 2 aromatic carbocycles. The molecular weight excluding hydrogens is 244 g/mol. The maximum absolute atomic E-state index is 10.9. The third-order valence-electron chi connectivity index (χ3n) is 3.02. The van der Waals surface area contributed by atoms with E-state index in [1.807, 2.05) is 36.4 Å². The third kappa shape index (κ3) is 3.31. The lowest BCUT2D eigenvalue weighted by molar-refractivity contribution is -0.137. The quantitative estimate of drug-likeness (QED) is 0.864. The number of carboxylic acids is 2. The van der Waals surface area contributed by atoms with Crippen molar-refractivity contribution in [2.24, 2.45) is 0 Å². The van der Waals surface area contributed by atoms with Gasteiger partial charge in [-0.05, 0) is 28.3 Å². The standard InChI is InChI=1S/C15H14O4/c16-14(17)6-5-12-7-10-3-1-2-4-11(10)8-13(12)9-15(18)19/h1-4,7-8H,5-6,9H2,(H,16,17)(H,18,19). The van der Waals surface area contributed by atoms with Gasteiger partial charge in [-0.25, -0.2) is 0 Å². The van der Waals surface area contributed by atoms with E-state index in [2.05, 4.69) is 0 Å². The van der Waals surface area contributed by atoms with Gasteiger partial charge in [-0.3, -0.25) is 9.59 Å². The third-order valence-corrected chi connectivity index (χ3v) is 3.02. The van der Waals surface area contributed by atoms with Crippen molar-refractivity contribution in [3.8, 4) is 0 Å². The van der Waals surface area contributed by atoms with Crippen LogP contribution in [0.2, 0.25) is 0 Å². The zero-order chi connectivity index (χ0) is 13.8. The molecule has 0 aromatic heterocycles. The molecule has 2 rings (SSSR count). The van der Waals surface area contributed by atoms with E-state index in [4.69, 9.17) is 10.2 Å². The highest BCUT2D eigenvalue weighted by molar-refractivity contribution is 5.85. The predicted molar refractivity (Wildman–Crippen MR) is 71.2 cm³/mol. The number of carbonyl (C=O) groups is 2. The topological polar surface area (TPSA) is 74.6 Å². The molecule has 2 N–H and O–H groups in total. The first kappa shape index (κ1) is 13.1. The Morgan fingerprint density at radius 3 is 2.00 bits per heavy atom. The lowest BCUT2D eigenvalue weighted by Crippen LogP contribution is -2.06. The summed E-state index contributed by atoms with van der Waals surface area (Å²) in [5.41, 5.74) is 1.48. The Labute approximate surface area is 110 Å². The Kier molecular flexibility index (Phi) is 3.80. The minimum absolute atomic E-state index is 0.00492. The molecule has 0 fully saturated rings. The highest BCUT2D eigenvalue weighted by atomic mass is 16.4. The summed E-state index contributed by atoms with van der Waals surface area (Å²) in [5.74, 6) is -1.79. The second kappa shape index (κ2) is 5.52. The van der Waals surface area contributed by atoms with Gasteiger partial charge in [0, 0.05) is 6.42 Å². The van der Waals surface area contributed by atoms with Crippen molar-refractivity contribution in [3.05, 3.63) is 47.5 Å². The summed E-state index contributed by atoms with van der Waals surface area (Å²) in [7, 11) is 0. The lowest BCUT2D eigenvalue weighted by atomic mass is 9.96. The van der Waals surface area contributed by atoms with Crippen LogP contribution in [-0.4, -0.2) is 22.2 Å². The maximum atomic E-state index is 10.9. The van der Waals surface area contributed by atoms with E-state index in [0.717, 1.165) is 16.3 Å². The predicted octanol–water partition coefficient (Wildman–Crippen LogP) is 2.48. The summed E-state index contributed by atoms with van der Waals surface area (Å²) in [6.07, 6.45) is 0.271. The number of carboxylic acid groups (broad SMARTS) is 2. The van der Waals surface area contributed by atoms with Crippen LogP contribution in [0.15, 0.2) is 36.4 Å². The van der Waals surface area contributed by atoms with Gasteiger partial charge in [0.05, 0.1) is 6.42 Å². The van der Waals surface area contributed by atoms with Crippen LogP contribution in [0.4, 0.5) is 0 Å². The van der Waals surface area contributed by atoms with Gasteiger partial charge in [-0.1, -0.05) is 36.4 Å². The first-order valence-electron chi connectivity index (χ1n) is 6.00. The van der Waals surface area contributed by atoms with E-state index >= 15 is 0 Å². The molecule has 0 aliphatic rings. The zero-order valence-corrected chi connectivity index (χ0v) is 10.3. The van der Waals surface area contributed by atoms with Crippen LogP contribution in [0.25, 0.3) is 10.8 Å². The van der Waals surface area contributed by atoms with E-state index < -0.39 is 11.9 Å². The Balaban J connectivity index is 2.44. The van der Waals surface area contributed by atoms with Crippen molar-refractivity contribution in [2.45, 2.75) is 19.3 Å². The number of hydrogen-bond donors (Lipinski definition) is 2. The Morgan fingerprint density at radius 1 is 0.895 bits per heavy atom. The van der Waals surface area contributed by atoms with Crippen LogP contribution in [-0.2, 0) is 22.4 Å². The van der Waals surface area contributed by atoms with Gasteiger partial charge in [-0.15, -0.1) is 0 Å². The second-order valence-corrected chi connectivity index (χ2v) is 4.43. The van der Waals surface area contributed by atoms with Gasteiger partial charge < -0.3 is 10.2 Å². The molecule has 0 aliphatic carbocycles. The average Bonchev–Trinajstić information content (AvgIpc) is 2.35. The average molecular weight is 258 g/mol. The van der Waals surface area contributed by atoms with Crippen molar-refractivity contribution in [2.75, 3.05) is 0 Å². The summed E-state index contributed by atoms with van der Waals surface area (Å²) in [6.45, 7) is 0. The largest absolute Gasteiger partial charge is 0.481 e. The fourth-order valence-electron chi connectivity index (χ4n) is 2.14. The fraction of sp³-hybridized carbons (Fsp3) is 0.200. The molecule has 98 valence electrons. The van der Waals surface area contributed by atoms with E-state index in [-0.39, 0.29) is 12.8 Å². The molecule has 2 aromatic rings. The van der Waals surface area contributed by atoms with Crippen molar-refractivity contribution in [3.63, 3.8) is 0 Å². The smallest absolute Gasteiger partial charge is 0.307 e. The number of rotatable bonds is 5. The van der Waals surface area contributed by atoms with Crippen LogP contribution in [0.1, 0.15) is 17.5 Å². The van der Waals surface area contributed by atoms with Crippen LogP contribution in [0, 0.1) is 0 Å². The Hall–Kier alpha value is -2.36. The first-order valence-corrected chi connectivity index (χ1v) is 6.00. The molecule has 0 radical (unpaired) electrons. The minimum atomic E-state index is -0.910. The van der Waals surface area contributed by atoms with Gasteiger partial charge in [0.25, 0.3) is 0 Å². The summed E-state index contributed by atoms with van der Waals surface area (Å²) >= 11 is 0. The molecule has 0 unspecified atom stereocenters. The molecule has 4 heteroatoms. The van der Waals surface area contributed by atoms with Gasteiger partial charge in [0.15, 0.2) is 0 Å². The highest BCUT2D eigenvalue weighted by Gasteiger charge is 2.10. The molecule has 0 bridgehead atoms. The monoisotopic (exact) mass is 258 g/mol. The van der Waals surface area contributed by atoms with Crippen LogP contribution >= 0.6 is 0 Å². The number of fused-ring (bicyclic) bond motifs is 1. The summed E-state index contributed by atoms with van der Waals surface area (Å²) in [6, 6.07) is 11.4. The minimum Gasteiger partial charge on any atom is -0.481 e. The molecule has 0 spiro atoms. The molecule has 19 heavy (non-hydrogen) atoms. The molecule has 0 saturated carbocycles. The molecule has 0 amide bonds. The number of benzene rings is 2. The van der Waals surface area contributed by atoms with Crippen molar-refractivity contribution >= 4 is 22.7 Å². The molecule has 0 atom stereocenters. The van der Waals surface area contributed by atoms with Gasteiger partial charge in [0.2, 0.25) is 0 Å². The Morgan fingerprint density at radius 2 is 1.47 bits per heavy atom. The van der Waals surface area contributed by atoms with E-state index in [0.29, 0.717) is 12.0 Å². The van der Waals surface area contributed by atoms with Gasteiger partial charge in [-0.2, -0.15) is 0 Å². The maximum Gasteiger partial charge on any atom is 0.307 e. The number of aryl methyl sites for hydroxylation is 1. The van der Waals surface area contributed by atoms with Crippen molar-refractivity contribution < 1.29 is 19.8 Å². The van der Waals surface area contributed by atoms with E-state index in [1.165, 1.54) is 0 Å². The summed E-state index contributed by atoms with van der Waals surface area (Å²) in [5, 5.41) is 19.6. The SMILES string of the molecule is O=C(O)CCc1cc2ccccc2cc1CC(=O)O. The molecule has 0 aliphatic heterocycles. The van der Waals surface area contributed by atoms with Crippen LogP contribution < -0.4 is 0 Å². The van der Waals surface area contributed by atoms with Crippen LogP contribution in [0.3, 0.4) is 0 Å². The molecule has 0 heterocycles.